The molecule has 1 aliphatic rings. The van der Waals surface area contributed by atoms with E-state index in [4.69, 9.17) is 4.74 Å². The number of hydrogen-bond donors (Lipinski definition) is 2. The molecular weight excluding hydrogens is 404 g/mol. The predicted molar refractivity (Wildman–Crippen MR) is 124 cm³/mol. The van der Waals surface area contributed by atoms with Gasteiger partial charge in [0, 0.05) is 16.9 Å². The van der Waals surface area contributed by atoms with E-state index in [0.717, 1.165) is 41.0 Å². The lowest BCUT2D eigenvalue weighted by Crippen LogP contribution is -2.32. The molecule has 0 spiro atoms. The smallest absolute Gasteiger partial charge is 0.255 e. The summed E-state index contributed by atoms with van der Waals surface area (Å²) in [5, 5.41) is 18.3. The Balaban J connectivity index is 1.75. The first-order chi connectivity index (χ1) is 15.5. The van der Waals surface area contributed by atoms with E-state index in [9.17, 15) is 4.79 Å². The van der Waals surface area contributed by atoms with Gasteiger partial charge in [0.1, 0.15) is 11.8 Å². The number of anilines is 2. The molecule has 0 aliphatic carbocycles. The van der Waals surface area contributed by atoms with Gasteiger partial charge in [-0.3, -0.25) is 4.79 Å². The Labute approximate surface area is 187 Å². The van der Waals surface area contributed by atoms with Crippen LogP contribution in [-0.2, 0) is 4.79 Å². The maximum Gasteiger partial charge on any atom is 0.255 e. The fraction of sp³-hybridized carbons (Fsp3) is 0.333. The van der Waals surface area contributed by atoms with E-state index >= 15 is 0 Å². The summed E-state index contributed by atoms with van der Waals surface area (Å²) in [6, 6.07) is 13.2. The third-order valence-corrected chi connectivity index (χ3v) is 5.56. The quantitative estimate of drug-likeness (QED) is 0.538. The molecule has 2 N–H and O–H groups in total. The summed E-state index contributed by atoms with van der Waals surface area (Å²) in [4.78, 5) is 13.6. The summed E-state index contributed by atoms with van der Waals surface area (Å²) in [5.74, 6) is 0.995. The lowest BCUT2D eigenvalue weighted by molar-refractivity contribution is -0.113. The normalized spacial score (nSPS) is 15.2. The second-order valence-electron chi connectivity index (χ2n) is 8.03. The van der Waals surface area contributed by atoms with Gasteiger partial charge < -0.3 is 15.4 Å². The number of ether oxygens (including phenoxy) is 1. The second kappa shape index (κ2) is 9.21. The van der Waals surface area contributed by atoms with Crippen molar-refractivity contribution in [3.8, 4) is 5.75 Å². The number of aromatic nitrogens is 4. The first kappa shape index (κ1) is 21.5. The zero-order valence-corrected chi connectivity index (χ0v) is 18.8. The number of fused-ring (bicyclic) bond motifs is 1. The summed E-state index contributed by atoms with van der Waals surface area (Å²) in [7, 11) is 0. The van der Waals surface area contributed by atoms with Crippen molar-refractivity contribution in [1.82, 2.24) is 20.2 Å². The SMILES string of the molecule is CCCCOc1ccccc1C1C(C(=O)Nc2ccc(C)cc2C)=C(C)Nc2nnnn21. The van der Waals surface area contributed by atoms with Gasteiger partial charge in [-0.25, -0.2) is 0 Å². The number of aryl methyl sites for hydroxylation is 2. The number of para-hydroxylation sites is 1. The summed E-state index contributed by atoms with van der Waals surface area (Å²) in [6.45, 7) is 8.60. The molecule has 0 radical (unpaired) electrons. The van der Waals surface area contributed by atoms with Crippen molar-refractivity contribution in [2.75, 3.05) is 17.2 Å². The molecule has 0 fully saturated rings. The number of amides is 1. The van der Waals surface area contributed by atoms with Gasteiger partial charge in [-0.2, -0.15) is 4.68 Å². The van der Waals surface area contributed by atoms with Gasteiger partial charge in [-0.05, 0) is 55.3 Å². The van der Waals surface area contributed by atoms with Crippen LogP contribution in [0, 0.1) is 13.8 Å². The highest BCUT2D eigenvalue weighted by molar-refractivity contribution is 6.06. The minimum absolute atomic E-state index is 0.212. The highest BCUT2D eigenvalue weighted by atomic mass is 16.5. The molecule has 1 aliphatic heterocycles. The van der Waals surface area contributed by atoms with Crippen LogP contribution in [0.15, 0.2) is 53.7 Å². The Hall–Kier alpha value is -3.68. The molecule has 2 aromatic carbocycles. The molecule has 1 amide bonds. The Bertz CT molecular complexity index is 1170. The Morgan fingerprint density at radius 2 is 2.00 bits per heavy atom. The summed E-state index contributed by atoms with van der Waals surface area (Å²) < 4.78 is 7.71. The Morgan fingerprint density at radius 3 is 2.78 bits per heavy atom. The number of tetrazole rings is 1. The molecule has 0 saturated carbocycles. The number of nitrogens with zero attached hydrogens (tertiary/aromatic N) is 4. The monoisotopic (exact) mass is 432 g/mol. The molecule has 1 atom stereocenters. The number of allylic oxidation sites excluding steroid dienone is 1. The summed E-state index contributed by atoms with van der Waals surface area (Å²) in [6.07, 6.45) is 1.99. The Morgan fingerprint density at radius 1 is 1.19 bits per heavy atom. The van der Waals surface area contributed by atoms with Crippen molar-refractivity contribution in [3.63, 3.8) is 0 Å². The van der Waals surface area contributed by atoms with E-state index in [1.54, 1.807) is 4.68 Å². The van der Waals surface area contributed by atoms with Gasteiger partial charge in [0.2, 0.25) is 5.95 Å². The van der Waals surface area contributed by atoms with E-state index in [1.165, 1.54) is 0 Å². The van der Waals surface area contributed by atoms with E-state index in [0.29, 0.717) is 23.8 Å². The average Bonchev–Trinajstić information content (AvgIpc) is 3.23. The van der Waals surface area contributed by atoms with Crippen molar-refractivity contribution in [2.24, 2.45) is 0 Å². The second-order valence-corrected chi connectivity index (χ2v) is 8.03. The van der Waals surface area contributed by atoms with Crippen LogP contribution in [0.5, 0.6) is 5.75 Å². The van der Waals surface area contributed by atoms with Crippen LogP contribution in [0.3, 0.4) is 0 Å². The Kier molecular flexibility index (Phi) is 6.20. The van der Waals surface area contributed by atoms with Crippen molar-refractivity contribution >= 4 is 17.5 Å². The van der Waals surface area contributed by atoms with Crippen LogP contribution in [0.2, 0.25) is 0 Å². The molecule has 3 aromatic rings. The zero-order chi connectivity index (χ0) is 22.7. The van der Waals surface area contributed by atoms with Gasteiger partial charge in [-0.15, -0.1) is 0 Å². The molecule has 32 heavy (non-hydrogen) atoms. The third kappa shape index (κ3) is 4.21. The fourth-order valence-corrected chi connectivity index (χ4v) is 3.90. The first-order valence-corrected chi connectivity index (χ1v) is 10.9. The molecule has 166 valence electrons. The average molecular weight is 433 g/mol. The minimum atomic E-state index is -0.523. The van der Waals surface area contributed by atoms with Crippen LogP contribution in [0.4, 0.5) is 11.6 Å². The fourth-order valence-electron chi connectivity index (χ4n) is 3.90. The molecule has 2 heterocycles. The summed E-state index contributed by atoms with van der Waals surface area (Å²) >= 11 is 0. The summed E-state index contributed by atoms with van der Waals surface area (Å²) in [5.41, 5.74) is 4.99. The van der Waals surface area contributed by atoms with Crippen molar-refractivity contribution in [3.05, 3.63) is 70.4 Å². The number of nitrogens with one attached hydrogen (secondary N) is 2. The number of unbranched alkanes of at least 4 members (excludes halogenated alkanes) is 1. The zero-order valence-electron chi connectivity index (χ0n) is 18.8. The molecule has 0 bridgehead atoms. The number of carbonyl (C=O) groups excluding carboxylic acids is 1. The minimum Gasteiger partial charge on any atom is -0.493 e. The van der Waals surface area contributed by atoms with E-state index in [1.807, 2.05) is 63.2 Å². The van der Waals surface area contributed by atoms with Gasteiger partial charge in [-0.1, -0.05) is 54.3 Å². The van der Waals surface area contributed by atoms with Crippen molar-refractivity contribution < 1.29 is 9.53 Å². The first-order valence-electron chi connectivity index (χ1n) is 10.9. The molecule has 8 nitrogen and oxygen atoms in total. The molecule has 8 heteroatoms. The molecule has 4 rings (SSSR count). The van der Waals surface area contributed by atoms with Crippen LogP contribution in [0.25, 0.3) is 0 Å². The lowest BCUT2D eigenvalue weighted by Gasteiger charge is -2.29. The van der Waals surface area contributed by atoms with E-state index in [2.05, 4.69) is 33.1 Å². The van der Waals surface area contributed by atoms with E-state index in [-0.39, 0.29) is 5.91 Å². The molecule has 0 saturated heterocycles. The number of carbonyl (C=O) groups is 1. The number of rotatable bonds is 7. The van der Waals surface area contributed by atoms with Crippen LogP contribution >= 0.6 is 0 Å². The standard InChI is InChI=1S/C24H28N6O2/c1-5-6-13-32-20-10-8-7-9-18(20)22-21(17(4)25-24-27-28-29-30(22)24)23(31)26-19-12-11-15(2)14-16(19)3/h7-12,14,22H,5-6,13H2,1-4H3,(H,26,31)(H,25,27,29). The van der Waals surface area contributed by atoms with Gasteiger partial charge in [0.05, 0.1) is 12.2 Å². The van der Waals surface area contributed by atoms with Crippen LogP contribution in [0.1, 0.15) is 49.4 Å². The third-order valence-electron chi connectivity index (χ3n) is 5.56. The predicted octanol–water partition coefficient (Wildman–Crippen LogP) is 4.40. The maximum absolute atomic E-state index is 13.6. The molecular formula is C24H28N6O2. The van der Waals surface area contributed by atoms with E-state index < -0.39 is 6.04 Å². The highest BCUT2D eigenvalue weighted by Crippen LogP contribution is 2.39. The van der Waals surface area contributed by atoms with Crippen molar-refractivity contribution in [1.29, 1.82) is 0 Å². The van der Waals surface area contributed by atoms with Gasteiger partial charge in [0.15, 0.2) is 0 Å². The largest absolute Gasteiger partial charge is 0.493 e. The number of benzene rings is 2. The van der Waals surface area contributed by atoms with Crippen LogP contribution < -0.4 is 15.4 Å². The topological polar surface area (TPSA) is 94.0 Å². The van der Waals surface area contributed by atoms with Gasteiger partial charge >= 0.3 is 0 Å². The van der Waals surface area contributed by atoms with Crippen molar-refractivity contribution in [2.45, 2.75) is 46.6 Å². The lowest BCUT2D eigenvalue weighted by atomic mass is 9.94. The maximum atomic E-state index is 13.6. The highest BCUT2D eigenvalue weighted by Gasteiger charge is 2.35. The molecule has 1 unspecified atom stereocenters. The van der Waals surface area contributed by atoms with Gasteiger partial charge in [0.25, 0.3) is 5.91 Å². The number of hydrogen-bond acceptors (Lipinski definition) is 6. The molecule has 1 aromatic heterocycles. The van der Waals surface area contributed by atoms with Crippen LogP contribution in [-0.4, -0.2) is 32.7 Å².